The summed E-state index contributed by atoms with van der Waals surface area (Å²) in [7, 11) is 0. The Morgan fingerprint density at radius 3 is 2.89 bits per heavy atom. The fourth-order valence-electron chi connectivity index (χ4n) is 1.79. The van der Waals surface area contributed by atoms with E-state index in [9.17, 15) is 4.39 Å². The van der Waals surface area contributed by atoms with Crippen molar-refractivity contribution in [3.05, 3.63) is 29.9 Å². The van der Waals surface area contributed by atoms with E-state index in [1.807, 2.05) is 0 Å². The number of benzene rings is 1. The SMILES string of the molecule is NC(c1nc(-c2ccc(O)c(F)c2)no1)C1CC1. The number of hydrogen-bond donors (Lipinski definition) is 2. The van der Waals surface area contributed by atoms with E-state index in [1.165, 1.54) is 12.1 Å². The largest absolute Gasteiger partial charge is 0.505 e. The molecule has 1 aliphatic rings. The first-order valence-corrected chi connectivity index (χ1v) is 5.73. The lowest BCUT2D eigenvalue weighted by Crippen LogP contribution is -2.12. The molecule has 18 heavy (non-hydrogen) atoms. The van der Waals surface area contributed by atoms with Gasteiger partial charge in [-0.05, 0) is 37.0 Å². The van der Waals surface area contributed by atoms with Crippen LogP contribution in [0.3, 0.4) is 0 Å². The van der Waals surface area contributed by atoms with Crippen LogP contribution in [0.15, 0.2) is 22.7 Å². The molecule has 0 spiro atoms. The molecule has 3 rings (SSSR count). The van der Waals surface area contributed by atoms with E-state index in [4.69, 9.17) is 15.4 Å². The van der Waals surface area contributed by atoms with Gasteiger partial charge in [0.25, 0.3) is 0 Å². The van der Waals surface area contributed by atoms with E-state index in [1.54, 1.807) is 0 Å². The zero-order valence-corrected chi connectivity index (χ0v) is 9.51. The van der Waals surface area contributed by atoms with Crippen LogP contribution in [0.5, 0.6) is 5.75 Å². The van der Waals surface area contributed by atoms with Crippen molar-refractivity contribution in [1.82, 2.24) is 10.1 Å². The first kappa shape index (κ1) is 11.2. The van der Waals surface area contributed by atoms with Crippen molar-refractivity contribution in [3.8, 4) is 17.1 Å². The Bertz CT molecular complexity index is 580. The molecule has 1 fully saturated rings. The summed E-state index contributed by atoms with van der Waals surface area (Å²) in [6.07, 6.45) is 2.15. The Hall–Kier alpha value is -1.95. The van der Waals surface area contributed by atoms with Gasteiger partial charge in [-0.3, -0.25) is 0 Å². The van der Waals surface area contributed by atoms with Gasteiger partial charge < -0.3 is 15.4 Å². The van der Waals surface area contributed by atoms with Crippen LogP contribution in [0.25, 0.3) is 11.4 Å². The fourth-order valence-corrected chi connectivity index (χ4v) is 1.79. The smallest absolute Gasteiger partial charge is 0.244 e. The van der Waals surface area contributed by atoms with Gasteiger partial charge in [0.05, 0.1) is 6.04 Å². The minimum Gasteiger partial charge on any atom is -0.505 e. The molecule has 0 amide bonds. The standard InChI is InChI=1S/C12H12FN3O2/c13-8-5-7(3-4-9(8)17)11-15-12(18-16-11)10(14)6-1-2-6/h3-6,10,17H,1-2,14H2. The van der Waals surface area contributed by atoms with Gasteiger partial charge in [0.2, 0.25) is 11.7 Å². The van der Waals surface area contributed by atoms with Crippen molar-refractivity contribution in [3.63, 3.8) is 0 Å². The van der Waals surface area contributed by atoms with Crippen LogP contribution in [0, 0.1) is 11.7 Å². The van der Waals surface area contributed by atoms with Crippen LogP contribution >= 0.6 is 0 Å². The van der Waals surface area contributed by atoms with Crippen molar-refractivity contribution < 1.29 is 14.0 Å². The van der Waals surface area contributed by atoms with Gasteiger partial charge >= 0.3 is 0 Å². The van der Waals surface area contributed by atoms with Crippen LogP contribution < -0.4 is 5.73 Å². The zero-order valence-electron chi connectivity index (χ0n) is 9.51. The molecule has 0 radical (unpaired) electrons. The number of phenolic OH excluding ortho intramolecular Hbond substituents is 1. The van der Waals surface area contributed by atoms with Gasteiger partial charge in [0.1, 0.15) is 0 Å². The molecule has 6 heteroatoms. The molecular formula is C12H12FN3O2. The van der Waals surface area contributed by atoms with E-state index >= 15 is 0 Å². The lowest BCUT2D eigenvalue weighted by molar-refractivity contribution is 0.343. The van der Waals surface area contributed by atoms with Crippen LogP contribution in [-0.2, 0) is 0 Å². The summed E-state index contributed by atoms with van der Waals surface area (Å²) < 4.78 is 18.3. The Balaban J connectivity index is 1.89. The second-order valence-corrected chi connectivity index (χ2v) is 4.49. The Morgan fingerprint density at radius 2 is 2.22 bits per heavy atom. The van der Waals surface area contributed by atoms with Crippen LogP contribution in [-0.4, -0.2) is 15.2 Å². The maximum absolute atomic E-state index is 13.2. The van der Waals surface area contributed by atoms with Gasteiger partial charge in [-0.15, -0.1) is 0 Å². The predicted octanol–water partition coefficient (Wildman–Crippen LogP) is 1.99. The molecule has 3 N–H and O–H groups in total. The number of halogens is 1. The van der Waals surface area contributed by atoms with Gasteiger partial charge in [0.15, 0.2) is 11.6 Å². The monoisotopic (exact) mass is 249 g/mol. The summed E-state index contributed by atoms with van der Waals surface area (Å²) in [5.41, 5.74) is 6.38. The highest BCUT2D eigenvalue weighted by Gasteiger charge is 2.33. The van der Waals surface area contributed by atoms with E-state index in [0.29, 0.717) is 17.4 Å². The topological polar surface area (TPSA) is 85.2 Å². The molecule has 2 aromatic rings. The summed E-state index contributed by atoms with van der Waals surface area (Å²) in [6, 6.07) is 3.69. The number of hydrogen-bond acceptors (Lipinski definition) is 5. The number of phenols is 1. The summed E-state index contributed by atoms with van der Waals surface area (Å²) in [5.74, 6) is -0.0571. The average Bonchev–Trinajstić information content (AvgIpc) is 3.09. The quantitative estimate of drug-likeness (QED) is 0.868. The molecule has 0 aliphatic heterocycles. The summed E-state index contributed by atoms with van der Waals surface area (Å²) in [5, 5.41) is 12.9. The second-order valence-electron chi connectivity index (χ2n) is 4.49. The first-order chi connectivity index (χ1) is 8.65. The molecule has 1 saturated carbocycles. The zero-order chi connectivity index (χ0) is 12.7. The summed E-state index contributed by atoms with van der Waals surface area (Å²) in [6.45, 7) is 0. The molecule has 5 nitrogen and oxygen atoms in total. The highest BCUT2D eigenvalue weighted by atomic mass is 19.1. The number of rotatable bonds is 3. The normalized spacial score (nSPS) is 16.8. The van der Waals surface area contributed by atoms with Gasteiger partial charge in [0, 0.05) is 5.56 Å². The number of aromatic hydroxyl groups is 1. The molecule has 1 aliphatic carbocycles. The summed E-state index contributed by atoms with van der Waals surface area (Å²) in [4.78, 5) is 4.16. The van der Waals surface area contributed by atoms with Crippen LogP contribution in [0.2, 0.25) is 0 Å². The third-order valence-corrected chi connectivity index (χ3v) is 3.06. The van der Waals surface area contributed by atoms with Gasteiger partial charge in [-0.25, -0.2) is 4.39 Å². The minimum absolute atomic E-state index is 0.242. The van der Waals surface area contributed by atoms with Crippen molar-refractivity contribution >= 4 is 0 Å². The highest BCUT2D eigenvalue weighted by molar-refractivity contribution is 5.55. The highest BCUT2D eigenvalue weighted by Crippen LogP contribution is 2.39. The first-order valence-electron chi connectivity index (χ1n) is 5.73. The number of aromatic nitrogens is 2. The van der Waals surface area contributed by atoms with Crippen molar-refractivity contribution in [2.45, 2.75) is 18.9 Å². The van der Waals surface area contributed by atoms with Gasteiger partial charge in [-0.2, -0.15) is 4.98 Å². The van der Waals surface area contributed by atoms with Crippen molar-refractivity contribution in [2.75, 3.05) is 0 Å². The van der Waals surface area contributed by atoms with Crippen LogP contribution in [0.4, 0.5) is 4.39 Å². The molecule has 0 bridgehead atoms. The third-order valence-electron chi connectivity index (χ3n) is 3.06. The molecule has 1 atom stereocenters. The maximum atomic E-state index is 13.2. The van der Waals surface area contributed by atoms with E-state index in [2.05, 4.69) is 10.1 Å². The van der Waals surface area contributed by atoms with Gasteiger partial charge in [-0.1, -0.05) is 5.16 Å². The Kier molecular flexibility index (Phi) is 2.52. The Labute approximate surface area is 102 Å². The molecule has 94 valence electrons. The molecule has 1 aromatic heterocycles. The molecule has 1 aromatic carbocycles. The van der Waals surface area contributed by atoms with Crippen molar-refractivity contribution in [2.24, 2.45) is 11.7 Å². The molecule has 1 heterocycles. The molecule has 0 saturated heterocycles. The number of nitrogens with two attached hydrogens (primary N) is 1. The second kappa shape index (κ2) is 4.06. The Morgan fingerprint density at radius 1 is 1.44 bits per heavy atom. The predicted molar refractivity (Wildman–Crippen MR) is 61.0 cm³/mol. The van der Waals surface area contributed by atoms with Crippen molar-refractivity contribution in [1.29, 1.82) is 0 Å². The van der Waals surface area contributed by atoms with E-state index in [0.717, 1.165) is 18.9 Å². The molecule has 1 unspecified atom stereocenters. The lowest BCUT2D eigenvalue weighted by Gasteiger charge is -2.01. The minimum atomic E-state index is -0.717. The number of nitrogens with zero attached hydrogens (tertiary/aromatic N) is 2. The lowest BCUT2D eigenvalue weighted by atomic mass is 10.2. The van der Waals surface area contributed by atoms with E-state index < -0.39 is 11.6 Å². The van der Waals surface area contributed by atoms with Crippen LogP contribution in [0.1, 0.15) is 24.8 Å². The third kappa shape index (κ3) is 1.95. The fraction of sp³-hybridized carbons (Fsp3) is 0.333. The average molecular weight is 249 g/mol. The molecular weight excluding hydrogens is 237 g/mol. The summed E-state index contributed by atoms with van der Waals surface area (Å²) >= 11 is 0. The maximum Gasteiger partial charge on any atom is 0.244 e. The van der Waals surface area contributed by atoms with E-state index in [-0.39, 0.29) is 11.9 Å².